The summed E-state index contributed by atoms with van der Waals surface area (Å²) in [5.74, 6) is -1.54. The Balaban J connectivity index is 1.87. The summed E-state index contributed by atoms with van der Waals surface area (Å²) in [6.07, 6.45) is 0. The lowest BCUT2D eigenvalue weighted by atomic mass is 10.1. The first-order valence-electron chi connectivity index (χ1n) is 6.19. The third-order valence-electron chi connectivity index (χ3n) is 3.32. The molecule has 2 heterocycles. The normalized spacial score (nSPS) is 14.0. The maximum atomic E-state index is 13.3. The fourth-order valence-corrected chi connectivity index (χ4v) is 3.31. The maximum Gasteiger partial charge on any atom is 0.268 e. The molecular weight excluding hydrogens is 291 g/mol. The number of benzene rings is 2. The highest BCUT2D eigenvalue weighted by Gasteiger charge is 2.38. The number of imide groups is 1. The van der Waals surface area contributed by atoms with Gasteiger partial charge in [0, 0.05) is 0 Å². The predicted octanol–water partition coefficient (Wildman–Crippen LogP) is 3.24. The quantitative estimate of drug-likeness (QED) is 0.648. The molecule has 2 aromatic carbocycles. The van der Waals surface area contributed by atoms with Crippen molar-refractivity contribution in [3.05, 3.63) is 59.4 Å². The highest BCUT2D eigenvalue weighted by Crippen LogP contribution is 2.34. The number of rotatable bonds is 1. The number of nitrogens with zero attached hydrogens (tertiary/aromatic N) is 2. The number of hydrogen-bond acceptors (Lipinski definition) is 4. The van der Waals surface area contributed by atoms with Gasteiger partial charge in [-0.3, -0.25) is 9.59 Å². The SMILES string of the molecule is O=C1c2ccc(F)cc2C(=O)N1c1nc2ccccc2s1. The van der Waals surface area contributed by atoms with Crippen molar-refractivity contribution >= 4 is 38.5 Å². The minimum Gasteiger partial charge on any atom is -0.268 e. The number of carbonyl (C=O) groups excluding carboxylic acids is 2. The van der Waals surface area contributed by atoms with E-state index in [0.717, 1.165) is 21.2 Å². The van der Waals surface area contributed by atoms with Gasteiger partial charge in [-0.25, -0.2) is 14.3 Å². The standard InChI is InChI=1S/C15H7FN2O2S/c16-8-5-6-9-10(7-8)14(20)18(13(9)19)15-17-11-3-1-2-4-12(11)21-15/h1-7H. The average Bonchev–Trinajstić information content (AvgIpc) is 2.99. The second-order valence-electron chi connectivity index (χ2n) is 4.60. The number of anilines is 1. The van der Waals surface area contributed by atoms with Crippen LogP contribution in [0.15, 0.2) is 42.5 Å². The van der Waals surface area contributed by atoms with Crippen molar-refractivity contribution < 1.29 is 14.0 Å². The minimum absolute atomic E-state index is 0.0826. The van der Waals surface area contributed by atoms with Gasteiger partial charge in [0.05, 0.1) is 21.3 Å². The summed E-state index contributed by atoms with van der Waals surface area (Å²) in [5.41, 5.74) is 1.01. The maximum absolute atomic E-state index is 13.3. The van der Waals surface area contributed by atoms with Crippen LogP contribution in [0.1, 0.15) is 20.7 Å². The lowest BCUT2D eigenvalue weighted by Gasteiger charge is -2.08. The molecule has 1 aromatic heterocycles. The summed E-state index contributed by atoms with van der Waals surface area (Å²) < 4.78 is 14.1. The van der Waals surface area contributed by atoms with Gasteiger partial charge in [-0.1, -0.05) is 23.5 Å². The first-order valence-corrected chi connectivity index (χ1v) is 7.01. The second kappa shape index (κ2) is 4.20. The zero-order valence-electron chi connectivity index (χ0n) is 10.5. The number of aromatic nitrogens is 1. The molecule has 0 N–H and O–H groups in total. The summed E-state index contributed by atoms with van der Waals surface area (Å²) in [7, 11) is 0. The zero-order chi connectivity index (χ0) is 14.6. The van der Waals surface area contributed by atoms with Crippen LogP contribution in [0.2, 0.25) is 0 Å². The van der Waals surface area contributed by atoms with Crippen LogP contribution in [0.4, 0.5) is 9.52 Å². The molecule has 1 aliphatic rings. The molecule has 2 amide bonds. The van der Waals surface area contributed by atoms with E-state index in [9.17, 15) is 14.0 Å². The van der Waals surface area contributed by atoms with E-state index in [2.05, 4.69) is 4.98 Å². The minimum atomic E-state index is -0.541. The topological polar surface area (TPSA) is 50.3 Å². The number of carbonyl (C=O) groups is 2. The molecule has 0 bridgehead atoms. The molecule has 21 heavy (non-hydrogen) atoms. The summed E-state index contributed by atoms with van der Waals surface area (Å²) in [4.78, 5) is 30.0. The molecule has 0 unspecified atom stereocenters. The molecule has 4 nitrogen and oxygen atoms in total. The lowest BCUT2D eigenvalue weighted by Crippen LogP contribution is -2.29. The van der Waals surface area contributed by atoms with E-state index in [-0.39, 0.29) is 11.1 Å². The fraction of sp³-hybridized carbons (Fsp3) is 0. The molecular formula is C15H7FN2O2S. The number of thiazole rings is 1. The Hall–Kier alpha value is -2.60. The van der Waals surface area contributed by atoms with Gasteiger partial charge >= 0.3 is 0 Å². The first kappa shape index (κ1) is 12.2. The van der Waals surface area contributed by atoms with Gasteiger partial charge in [0.2, 0.25) is 5.13 Å². The summed E-state index contributed by atoms with van der Waals surface area (Å²) in [6, 6.07) is 11.0. The third-order valence-corrected chi connectivity index (χ3v) is 4.34. The van der Waals surface area contributed by atoms with Crippen LogP contribution in [0, 0.1) is 5.82 Å². The van der Waals surface area contributed by atoms with Crippen molar-refractivity contribution in [2.24, 2.45) is 0 Å². The van der Waals surface area contributed by atoms with Gasteiger partial charge in [-0.15, -0.1) is 0 Å². The first-order chi connectivity index (χ1) is 10.1. The van der Waals surface area contributed by atoms with E-state index in [4.69, 9.17) is 0 Å². The molecule has 0 fully saturated rings. The molecule has 0 saturated heterocycles. The summed E-state index contributed by atoms with van der Waals surface area (Å²) in [6.45, 7) is 0. The fourth-order valence-electron chi connectivity index (χ4n) is 2.34. The highest BCUT2D eigenvalue weighted by atomic mass is 32.1. The molecule has 0 spiro atoms. The Bertz CT molecular complexity index is 886. The van der Waals surface area contributed by atoms with Crippen molar-refractivity contribution in [2.75, 3.05) is 4.90 Å². The van der Waals surface area contributed by atoms with Crippen molar-refractivity contribution in [1.82, 2.24) is 4.98 Å². The van der Waals surface area contributed by atoms with Crippen LogP contribution < -0.4 is 4.90 Å². The van der Waals surface area contributed by atoms with Crippen LogP contribution >= 0.6 is 11.3 Å². The Morgan fingerprint density at radius 1 is 1.00 bits per heavy atom. The molecule has 0 radical (unpaired) electrons. The predicted molar refractivity (Wildman–Crippen MR) is 77.2 cm³/mol. The highest BCUT2D eigenvalue weighted by molar-refractivity contribution is 7.22. The lowest BCUT2D eigenvalue weighted by molar-refractivity contribution is 0.0926. The van der Waals surface area contributed by atoms with E-state index in [1.54, 1.807) is 0 Å². The van der Waals surface area contributed by atoms with Crippen molar-refractivity contribution in [2.45, 2.75) is 0 Å². The summed E-state index contributed by atoms with van der Waals surface area (Å²) >= 11 is 1.26. The van der Waals surface area contributed by atoms with Gasteiger partial charge in [0.1, 0.15) is 5.82 Å². The molecule has 3 aromatic rings. The number of fused-ring (bicyclic) bond motifs is 2. The molecule has 6 heteroatoms. The van der Waals surface area contributed by atoms with E-state index >= 15 is 0 Å². The number of amides is 2. The third kappa shape index (κ3) is 1.69. The van der Waals surface area contributed by atoms with Crippen LogP contribution in [0.5, 0.6) is 0 Å². The van der Waals surface area contributed by atoms with Gasteiger partial charge in [-0.05, 0) is 30.3 Å². The number of hydrogen-bond donors (Lipinski definition) is 0. The van der Waals surface area contributed by atoms with Crippen molar-refractivity contribution in [1.29, 1.82) is 0 Å². The number of halogens is 1. The van der Waals surface area contributed by atoms with E-state index in [1.165, 1.54) is 23.5 Å². The second-order valence-corrected chi connectivity index (χ2v) is 5.61. The summed E-state index contributed by atoms with van der Waals surface area (Å²) in [5, 5.41) is 0.308. The monoisotopic (exact) mass is 298 g/mol. The van der Waals surface area contributed by atoms with Gasteiger partial charge in [-0.2, -0.15) is 0 Å². The Labute approximate surface area is 122 Å². The van der Waals surface area contributed by atoms with Crippen LogP contribution in [0.25, 0.3) is 10.2 Å². The van der Waals surface area contributed by atoms with E-state index in [0.29, 0.717) is 5.13 Å². The van der Waals surface area contributed by atoms with Gasteiger partial charge in [0.25, 0.3) is 11.8 Å². The van der Waals surface area contributed by atoms with E-state index in [1.807, 2.05) is 24.3 Å². The van der Waals surface area contributed by atoms with E-state index < -0.39 is 17.6 Å². The zero-order valence-corrected chi connectivity index (χ0v) is 11.4. The molecule has 102 valence electrons. The molecule has 0 saturated carbocycles. The largest absolute Gasteiger partial charge is 0.268 e. The van der Waals surface area contributed by atoms with Crippen molar-refractivity contribution in [3.8, 4) is 0 Å². The van der Waals surface area contributed by atoms with Crippen molar-refractivity contribution in [3.63, 3.8) is 0 Å². The Morgan fingerprint density at radius 2 is 1.76 bits per heavy atom. The van der Waals surface area contributed by atoms with Crippen LogP contribution in [-0.2, 0) is 0 Å². The van der Waals surface area contributed by atoms with Gasteiger partial charge in [0.15, 0.2) is 0 Å². The molecule has 0 atom stereocenters. The Morgan fingerprint density at radius 3 is 2.57 bits per heavy atom. The molecule has 1 aliphatic heterocycles. The Kier molecular flexibility index (Phi) is 2.43. The molecule has 0 aliphatic carbocycles. The van der Waals surface area contributed by atoms with Crippen LogP contribution in [-0.4, -0.2) is 16.8 Å². The van der Waals surface area contributed by atoms with Crippen LogP contribution in [0.3, 0.4) is 0 Å². The molecule has 4 rings (SSSR count). The smallest absolute Gasteiger partial charge is 0.268 e. The van der Waals surface area contributed by atoms with Gasteiger partial charge < -0.3 is 0 Å². The number of para-hydroxylation sites is 1. The average molecular weight is 298 g/mol.